The molecule has 2 N–H and O–H groups in total. The van der Waals surface area contributed by atoms with Crippen molar-refractivity contribution < 1.29 is 14.0 Å². The molecule has 0 aromatic heterocycles. The molecule has 2 amide bonds. The van der Waals surface area contributed by atoms with E-state index in [9.17, 15) is 14.0 Å². The quantitative estimate of drug-likeness (QED) is 0.818. The lowest BCUT2D eigenvalue weighted by molar-refractivity contribution is -0.135. The van der Waals surface area contributed by atoms with Gasteiger partial charge in [-0.2, -0.15) is 0 Å². The fourth-order valence-corrected chi connectivity index (χ4v) is 4.20. The van der Waals surface area contributed by atoms with Crippen LogP contribution in [0.15, 0.2) is 24.3 Å². The molecule has 2 atom stereocenters. The second-order valence-corrected chi connectivity index (χ2v) is 7.34. The van der Waals surface area contributed by atoms with Gasteiger partial charge in [-0.15, -0.1) is 24.2 Å². The third kappa shape index (κ3) is 5.09. The van der Waals surface area contributed by atoms with Gasteiger partial charge in [-0.05, 0) is 31.0 Å². The summed E-state index contributed by atoms with van der Waals surface area (Å²) in [7, 11) is 0. The lowest BCUT2D eigenvalue weighted by Gasteiger charge is -2.31. The molecule has 2 aliphatic rings. The molecule has 0 saturated carbocycles. The highest BCUT2D eigenvalue weighted by Crippen LogP contribution is 2.24. The first-order valence-electron chi connectivity index (χ1n) is 8.30. The fraction of sp³-hybridized carbons (Fsp3) is 0.529. The molecule has 5 nitrogen and oxygen atoms in total. The third-order valence-corrected chi connectivity index (χ3v) is 5.69. The molecule has 8 heteroatoms. The van der Waals surface area contributed by atoms with Crippen molar-refractivity contribution in [1.82, 2.24) is 15.5 Å². The van der Waals surface area contributed by atoms with E-state index in [2.05, 4.69) is 10.6 Å². The second-order valence-electron chi connectivity index (χ2n) is 6.11. The predicted molar refractivity (Wildman–Crippen MR) is 99.6 cm³/mol. The SMILES string of the molecule is Cl.O=C1NC(C(=O)N2CCCNCC2)CSC1Cc1ccccc1F. The highest BCUT2D eigenvalue weighted by Gasteiger charge is 2.34. The van der Waals surface area contributed by atoms with Gasteiger partial charge in [0, 0.05) is 25.4 Å². The summed E-state index contributed by atoms with van der Waals surface area (Å²) in [5, 5.41) is 5.74. The Bertz CT molecular complexity index is 611. The number of halogens is 2. The number of carbonyl (C=O) groups excluding carboxylic acids is 2. The smallest absolute Gasteiger partial charge is 0.246 e. The van der Waals surface area contributed by atoms with Gasteiger partial charge in [0.2, 0.25) is 11.8 Å². The van der Waals surface area contributed by atoms with Crippen molar-refractivity contribution in [3.05, 3.63) is 35.6 Å². The van der Waals surface area contributed by atoms with Gasteiger partial charge in [0.1, 0.15) is 11.9 Å². The molecule has 0 aliphatic carbocycles. The maximum absolute atomic E-state index is 13.8. The van der Waals surface area contributed by atoms with Crippen LogP contribution in [0, 0.1) is 5.82 Å². The van der Waals surface area contributed by atoms with Gasteiger partial charge < -0.3 is 15.5 Å². The van der Waals surface area contributed by atoms with Gasteiger partial charge >= 0.3 is 0 Å². The Morgan fingerprint density at radius 2 is 2.08 bits per heavy atom. The highest BCUT2D eigenvalue weighted by atomic mass is 35.5. The Hall–Kier alpha value is -1.31. The summed E-state index contributed by atoms with van der Waals surface area (Å²) in [6, 6.07) is 6.03. The van der Waals surface area contributed by atoms with Crippen molar-refractivity contribution in [1.29, 1.82) is 0 Å². The zero-order valence-corrected chi connectivity index (χ0v) is 15.5. The number of carbonyl (C=O) groups is 2. The summed E-state index contributed by atoms with van der Waals surface area (Å²) in [5.74, 6) is 0.0547. The number of rotatable bonds is 3. The van der Waals surface area contributed by atoms with Crippen LogP contribution in [0.25, 0.3) is 0 Å². The summed E-state index contributed by atoms with van der Waals surface area (Å²) in [6.45, 7) is 3.10. The monoisotopic (exact) mass is 387 g/mol. The molecule has 2 unspecified atom stereocenters. The van der Waals surface area contributed by atoms with E-state index in [-0.39, 0.29) is 35.3 Å². The zero-order valence-electron chi connectivity index (χ0n) is 13.9. The lowest BCUT2D eigenvalue weighted by atomic mass is 10.1. The average molecular weight is 388 g/mol. The van der Waals surface area contributed by atoms with E-state index in [0.717, 1.165) is 26.1 Å². The minimum absolute atomic E-state index is 0. The molecule has 2 heterocycles. The Labute approximate surface area is 157 Å². The minimum Gasteiger partial charge on any atom is -0.343 e. The summed E-state index contributed by atoms with van der Waals surface area (Å²) in [6.07, 6.45) is 1.27. The summed E-state index contributed by atoms with van der Waals surface area (Å²) < 4.78 is 13.8. The molecule has 138 valence electrons. The van der Waals surface area contributed by atoms with Gasteiger partial charge in [-0.25, -0.2) is 4.39 Å². The van der Waals surface area contributed by atoms with Crippen molar-refractivity contribution in [2.24, 2.45) is 0 Å². The zero-order chi connectivity index (χ0) is 16.9. The third-order valence-electron chi connectivity index (χ3n) is 4.39. The van der Waals surface area contributed by atoms with Crippen LogP contribution in [0.5, 0.6) is 0 Å². The van der Waals surface area contributed by atoms with Crippen molar-refractivity contribution in [2.45, 2.75) is 24.1 Å². The second kappa shape index (κ2) is 9.40. The van der Waals surface area contributed by atoms with E-state index in [1.807, 2.05) is 4.90 Å². The standard InChI is InChI=1S/C17H22FN3O2S.ClH/c18-13-5-2-1-4-12(13)10-15-16(22)20-14(11-24-15)17(23)21-8-3-6-19-7-9-21;/h1-2,4-5,14-15,19H,3,6-11H2,(H,20,22);1H. The van der Waals surface area contributed by atoms with E-state index < -0.39 is 6.04 Å². The van der Waals surface area contributed by atoms with Gasteiger partial charge in [-0.1, -0.05) is 18.2 Å². The van der Waals surface area contributed by atoms with Crippen molar-refractivity contribution >= 4 is 36.0 Å². The molecule has 1 aromatic rings. The molecular weight excluding hydrogens is 365 g/mol. The fourth-order valence-electron chi connectivity index (χ4n) is 3.03. The van der Waals surface area contributed by atoms with E-state index in [1.165, 1.54) is 17.8 Å². The van der Waals surface area contributed by atoms with Crippen LogP contribution in [0.1, 0.15) is 12.0 Å². The van der Waals surface area contributed by atoms with Crippen LogP contribution in [-0.2, 0) is 16.0 Å². The number of benzene rings is 1. The topological polar surface area (TPSA) is 61.4 Å². The Morgan fingerprint density at radius 1 is 1.28 bits per heavy atom. The van der Waals surface area contributed by atoms with Crippen LogP contribution in [0.3, 0.4) is 0 Å². The number of hydrogen-bond donors (Lipinski definition) is 2. The molecule has 3 rings (SSSR count). The predicted octanol–water partition coefficient (Wildman–Crippen LogP) is 1.21. The van der Waals surface area contributed by atoms with Crippen molar-refractivity contribution in [2.75, 3.05) is 31.9 Å². The number of hydrogen-bond acceptors (Lipinski definition) is 4. The Kier molecular flexibility index (Phi) is 7.53. The number of amides is 2. The molecule has 1 aromatic carbocycles. The van der Waals surface area contributed by atoms with Gasteiger partial charge in [0.05, 0.1) is 5.25 Å². The van der Waals surface area contributed by atoms with E-state index in [4.69, 9.17) is 0 Å². The van der Waals surface area contributed by atoms with Gasteiger partial charge in [0.25, 0.3) is 0 Å². The molecule has 2 fully saturated rings. The van der Waals surface area contributed by atoms with Crippen LogP contribution in [0.2, 0.25) is 0 Å². The summed E-state index contributed by atoms with van der Waals surface area (Å²) in [4.78, 5) is 26.7. The van der Waals surface area contributed by atoms with Crippen molar-refractivity contribution in [3.63, 3.8) is 0 Å². The Balaban J connectivity index is 0.00000225. The van der Waals surface area contributed by atoms with Gasteiger partial charge in [-0.3, -0.25) is 9.59 Å². The minimum atomic E-state index is -0.475. The normalized spacial score (nSPS) is 24.0. The largest absolute Gasteiger partial charge is 0.343 e. The van der Waals surface area contributed by atoms with Gasteiger partial charge in [0.15, 0.2) is 0 Å². The molecular formula is C17H23ClFN3O2S. The first-order valence-corrected chi connectivity index (χ1v) is 9.35. The number of nitrogens with zero attached hydrogens (tertiary/aromatic N) is 1. The lowest BCUT2D eigenvalue weighted by Crippen LogP contribution is -2.55. The first-order chi connectivity index (χ1) is 11.6. The average Bonchev–Trinajstić information content (AvgIpc) is 2.87. The number of nitrogens with one attached hydrogen (secondary N) is 2. The molecule has 0 bridgehead atoms. The van der Waals surface area contributed by atoms with Crippen LogP contribution >= 0.6 is 24.2 Å². The van der Waals surface area contributed by atoms with E-state index >= 15 is 0 Å². The maximum atomic E-state index is 13.8. The maximum Gasteiger partial charge on any atom is 0.246 e. The summed E-state index contributed by atoms with van der Waals surface area (Å²) in [5.41, 5.74) is 0.536. The summed E-state index contributed by atoms with van der Waals surface area (Å²) >= 11 is 1.44. The molecule has 0 radical (unpaired) electrons. The van der Waals surface area contributed by atoms with E-state index in [0.29, 0.717) is 24.3 Å². The van der Waals surface area contributed by atoms with Crippen LogP contribution in [-0.4, -0.2) is 59.9 Å². The molecule has 2 aliphatic heterocycles. The van der Waals surface area contributed by atoms with Crippen molar-refractivity contribution in [3.8, 4) is 0 Å². The number of thioether (sulfide) groups is 1. The van der Waals surface area contributed by atoms with E-state index in [1.54, 1.807) is 18.2 Å². The van der Waals surface area contributed by atoms with Crippen LogP contribution in [0.4, 0.5) is 4.39 Å². The molecule has 2 saturated heterocycles. The molecule has 25 heavy (non-hydrogen) atoms. The Morgan fingerprint density at radius 3 is 2.84 bits per heavy atom. The van der Waals surface area contributed by atoms with Crippen LogP contribution < -0.4 is 10.6 Å². The first kappa shape index (κ1) is 20.0. The highest BCUT2D eigenvalue weighted by molar-refractivity contribution is 8.00. The molecule has 0 spiro atoms.